The molecule has 1 fully saturated rings. The summed E-state index contributed by atoms with van der Waals surface area (Å²) < 4.78 is 2.13. The molecule has 0 aliphatic carbocycles. The van der Waals surface area contributed by atoms with Gasteiger partial charge in [-0.15, -0.1) is 0 Å². The van der Waals surface area contributed by atoms with Crippen LogP contribution in [-0.2, 0) is 4.79 Å². The summed E-state index contributed by atoms with van der Waals surface area (Å²) in [5.41, 5.74) is 2.81. The molecule has 1 amide bonds. The minimum Gasteiger partial charge on any atom is -0.356 e. The summed E-state index contributed by atoms with van der Waals surface area (Å²) in [6.45, 7) is 4.54. The van der Waals surface area contributed by atoms with Crippen molar-refractivity contribution >= 4 is 28.4 Å². The third kappa shape index (κ3) is 3.11. The third-order valence-corrected chi connectivity index (χ3v) is 5.14. The van der Waals surface area contributed by atoms with Crippen LogP contribution in [0.5, 0.6) is 0 Å². The van der Waals surface area contributed by atoms with Crippen molar-refractivity contribution in [1.29, 1.82) is 0 Å². The van der Waals surface area contributed by atoms with Crippen molar-refractivity contribution in [2.75, 3.05) is 24.5 Å². The van der Waals surface area contributed by atoms with E-state index in [9.17, 15) is 4.79 Å². The number of pyridine rings is 1. The zero-order valence-electron chi connectivity index (χ0n) is 15.2. The monoisotopic (exact) mass is 351 g/mol. The lowest BCUT2D eigenvalue weighted by Crippen LogP contribution is -2.43. The Balaban J connectivity index is 1.62. The van der Waals surface area contributed by atoms with E-state index in [0.29, 0.717) is 6.54 Å². The highest BCUT2D eigenvalue weighted by Gasteiger charge is 2.27. The topological polar surface area (TPSA) is 62.5 Å². The molecule has 136 valence electrons. The Hall–Kier alpha value is -2.63. The third-order valence-electron chi connectivity index (χ3n) is 5.14. The van der Waals surface area contributed by atoms with Gasteiger partial charge in [-0.2, -0.15) is 0 Å². The lowest BCUT2D eigenvalue weighted by molar-refractivity contribution is -0.125. The molecule has 1 aliphatic rings. The number of unbranched alkanes of at least 4 members (excludes halogenated alkanes) is 1. The molecule has 1 saturated heterocycles. The largest absolute Gasteiger partial charge is 0.356 e. The molecule has 0 spiro atoms. The summed E-state index contributed by atoms with van der Waals surface area (Å²) in [5, 5.41) is 3.08. The van der Waals surface area contributed by atoms with Gasteiger partial charge in [0.05, 0.1) is 17.0 Å². The van der Waals surface area contributed by atoms with Gasteiger partial charge in [0.25, 0.3) is 0 Å². The van der Waals surface area contributed by atoms with E-state index in [1.165, 1.54) is 0 Å². The predicted molar refractivity (Wildman–Crippen MR) is 103 cm³/mol. The first-order valence-corrected chi connectivity index (χ1v) is 9.52. The average Bonchev–Trinajstić information content (AvgIpc) is 3.18. The molecule has 3 aromatic heterocycles. The lowest BCUT2D eigenvalue weighted by Gasteiger charge is -2.33. The number of fused-ring (bicyclic) bond motifs is 3. The molecule has 4 rings (SSSR count). The van der Waals surface area contributed by atoms with Crippen LogP contribution in [0.4, 0.5) is 5.82 Å². The number of rotatable bonds is 5. The summed E-state index contributed by atoms with van der Waals surface area (Å²) in [7, 11) is 0. The highest BCUT2D eigenvalue weighted by atomic mass is 16.1. The fourth-order valence-electron chi connectivity index (χ4n) is 3.74. The first kappa shape index (κ1) is 16.8. The van der Waals surface area contributed by atoms with Crippen molar-refractivity contribution in [2.45, 2.75) is 32.6 Å². The van der Waals surface area contributed by atoms with Crippen LogP contribution in [0.25, 0.3) is 16.7 Å². The van der Waals surface area contributed by atoms with Crippen LogP contribution in [0.15, 0.2) is 36.7 Å². The van der Waals surface area contributed by atoms with Gasteiger partial charge in [0.1, 0.15) is 0 Å². The van der Waals surface area contributed by atoms with E-state index in [2.05, 4.69) is 32.6 Å². The molecule has 26 heavy (non-hydrogen) atoms. The first-order chi connectivity index (χ1) is 12.8. The number of piperidine rings is 1. The van der Waals surface area contributed by atoms with E-state index < -0.39 is 0 Å². The Kier molecular flexibility index (Phi) is 4.73. The molecule has 0 bridgehead atoms. The molecule has 1 aliphatic heterocycles. The molecule has 6 nitrogen and oxygen atoms in total. The molecule has 0 saturated carbocycles. The first-order valence-electron chi connectivity index (χ1n) is 9.52. The number of nitrogens with zero attached hydrogens (tertiary/aromatic N) is 4. The van der Waals surface area contributed by atoms with Crippen LogP contribution in [0.3, 0.4) is 0 Å². The molecule has 0 radical (unpaired) electrons. The van der Waals surface area contributed by atoms with Gasteiger partial charge in [-0.1, -0.05) is 13.3 Å². The summed E-state index contributed by atoms with van der Waals surface area (Å²) >= 11 is 0. The number of hydrogen-bond acceptors (Lipinski definition) is 4. The number of hydrogen-bond donors (Lipinski definition) is 1. The van der Waals surface area contributed by atoms with Crippen molar-refractivity contribution in [3.63, 3.8) is 0 Å². The summed E-state index contributed by atoms with van der Waals surface area (Å²) in [4.78, 5) is 24.0. The van der Waals surface area contributed by atoms with E-state index in [-0.39, 0.29) is 11.8 Å². The highest BCUT2D eigenvalue weighted by Crippen LogP contribution is 2.28. The van der Waals surface area contributed by atoms with E-state index in [1.807, 2.05) is 24.4 Å². The van der Waals surface area contributed by atoms with Crippen LogP contribution in [-0.4, -0.2) is 39.9 Å². The SMILES string of the molecule is CCCCNC(=O)C1CCCN(c2nc3ncccc3n3cccc23)C1. The molecule has 0 aromatic carbocycles. The Morgan fingerprint density at radius 2 is 2.19 bits per heavy atom. The van der Waals surface area contributed by atoms with Gasteiger partial charge in [-0.25, -0.2) is 9.97 Å². The number of aromatic nitrogens is 3. The van der Waals surface area contributed by atoms with E-state index in [0.717, 1.165) is 61.3 Å². The van der Waals surface area contributed by atoms with Crippen LogP contribution in [0, 0.1) is 5.92 Å². The molecule has 1 unspecified atom stereocenters. The van der Waals surface area contributed by atoms with Crippen molar-refractivity contribution < 1.29 is 4.79 Å². The number of anilines is 1. The molecule has 1 atom stereocenters. The summed E-state index contributed by atoms with van der Waals surface area (Å²) in [6.07, 6.45) is 7.89. The van der Waals surface area contributed by atoms with Gasteiger partial charge in [-0.3, -0.25) is 4.79 Å². The maximum Gasteiger partial charge on any atom is 0.224 e. The molecule has 1 N–H and O–H groups in total. The van der Waals surface area contributed by atoms with Crippen molar-refractivity contribution in [1.82, 2.24) is 19.7 Å². The second-order valence-electron chi connectivity index (χ2n) is 6.97. The van der Waals surface area contributed by atoms with Crippen LogP contribution >= 0.6 is 0 Å². The van der Waals surface area contributed by atoms with Crippen LogP contribution in [0.1, 0.15) is 32.6 Å². The van der Waals surface area contributed by atoms with Gasteiger partial charge in [-0.05, 0) is 43.5 Å². The molecule has 6 heteroatoms. The van der Waals surface area contributed by atoms with Gasteiger partial charge in [0, 0.05) is 32.0 Å². The Morgan fingerprint density at radius 3 is 3.08 bits per heavy atom. The quantitative estimate of drug-likeness (QED) is 0.718. The Morgan fingerprint density at radius 1 is 1.31 bits per heavy atom. The Bertz CT molecular complexity index is 919. The Labute approximate surface area is 153 Å². The van der Waals surface area contributed by atoms with Crippen molar-refractivity contribution in [2.24, 2.45) is 5.92 Å². The second kappa shape index (κ2) is 7.32. The maximum absolute atomic E-state index is 12.5. The van der Waals surface area contributed by atoms with Crippen molar-refractivity contribution in [3.8, 4) is 0 Å². The van der Waals surface area contributed by atoms with Gasteiger partial charge >= 0.3 is 0 Å². The van der Waals surface area contributed by atoms with Gasteiger partial charge in [0.15, 0.2) is 11.5 Å². The molecular formula is C20H25N5O. The number of amides is 1. The maximum atomic E-state index is 12.5. The minimum absolute atomic E-state index is 0.0249. The molecule has 4 heterocycles. The zero-order chi connectivity index (χ0) is 17.9. The fourth-order valence-corrected chi connectivity index (χ4v) is 3.74. The average molecular weight is 351 g/mol. The van der Waals surface area contributed by atoms with Gasteiger partial charge in [0.2, 0.25) is 5.91 Å². The fraction of sp³-hybridized carbons (Fsp3) is 0.450. The van der Waals surface area contributed by atoms with E-state index in [1.54, 1.807) is 6.20 Å². The minimum atomic E-state index is 0.0249. The summed E-state index contributed by atoms with van der Waals surface area (Å²) in [6, 6.07) is 8.08. The highest BCUT2D eigenvalue weighted by molar-refractivity contribution is 5.84. The zero-order valence-corrected chi connectivity index (χ0v) is 15.2. The molecule has 3 aromatic rings. The normalized spacial score (nSPS) is 17.7. The second-order valence-corrected chi connectivity index (χ2v) is 6.97. The van der Waals surface area contributed by atoms with E-state index in [4.69, 9.17) is 4.98 Å². The number of nitrogens with one attached hydrogen (secondary N) is 1. The number of carbonyl (C=O) groups excluding carboxylic acids is 1. The van der Waals surface area contributed by atoms with Crippen LogP contribution in [0.2, 0.25) is 0 Å². The van der Waals surface area contributed by atoms with Crippen molar-refractivity contribution in [3.05, 3.63) is 36.7 Å². The van der Waals surface area contributed by atoms with E-state index >= 15 is 0 Å². The molecular weight excluding hydrogens is 326 g/mol. The smallest absolute Gasteiger partial charge is 0.224 e. The lowest BCUT2D eigenvalue weighted by atomic mass is 9.97. The standard InChI is InChI=1S/C20H25N5O/c1-2-3-10-22-20(26)15-7-5-12-24(14-15)19-17-9-6-13-25(17)16-8-4-11-21-18(16)23-19/h4,6,8-9,11,13,15H,2-3,5,7,10,12,14H2,1H3,(H,22,26). The summed E-state index contributed by atoms with van der Waals surface area (Å²) in [5.74, 6) is 1.12. The number of carbonyl (C=O) groups is 1. The van der Waals surface area contributed by atoms with Crippen LogP contribution < -0.4 is 10.2 Å². The van der Waals surface area contributed by atoms with Gasteiger partial charge < -0.3 is 14.6 Å². The predicted octanol–water partition coefficient (Wildman–Crippen LogP) is 3.02.